The highest BCUT2D eigenvalue weighted by molar-refractivity contribution is 5.79. The van der Waals surface area contributed by atoms with Crippen LogP contribution < -0.4 is 5.32 Å². The Labute approximate surface area is 133 Å². The standard InChI is InChI=1S/C19H26N2O/c22-19(17-8-4-5-9-17)20-18-11-14-21(15-12-18)13-10-16-6-2-1-3-7-16/h1-7,17-18H,8-15H2,(H,20,22). The first-order valence-corrected chi connectivity index (χ1v) is 8.53. The maximum Gasteiger partial charge on any atom is 0.223 e. The molecule has 2 aliphatic rings. The lowest BCUT2D eigenvalue weighted by atomic mass is 10.0. The predicted molar refractivity (Wildman–Crippen MR) is 89.6 cm³/mol. The van der Waals surface area contributed by atoms with E-state index in [1.54, 1.807) is 0 Å². The number of nitrogens with one attached hydrogen (secondary N) is 1. The van der Waals surface area contributed by atoms with Crippen LogP contribution in [0.25, 0.3) is 0 Å². The van der Waals surface area contributed by atoms with E-state index < -0.39 is 0 Å². The Balaban J connectivity index is 1.36. The average Bonchev–Trinajstić information content (AvgIpc) is 3.10. The molecular weight excluding hydrogens is 272 g/mol. The smallest absolute Gasteiger partial charge is 0.223 e. The van der Waals surface area contributed by atoms with Gasteiger partial charge in [-0.15, -0.1) is 0 Å². The van der Waals surface area contributed by atoms with Crippen LogP contribution in [0.4, 0.5) is 0 Å². The van der Waals surface area contributed by atoms with Crippen molar-refractivity contribution in [3.05, 3.63) is 48.0 Å². The second-order valence-corrected chi connectivity index (χ2v) is 6.50. The molecule has 0 aromatic heterocycles. The maximum absolute atomic E-state index is 12.1. The molecule has 0 saturated carbocycles. The Bertz CT molecular complexity index is 495. The molecule has 1 heterocycles. The van der Waals surface area contributed by atoms with Gasteiger partial charge in [-0.2, -0.15) is 0 Å². The number of hydrogen-bond acceptors (Lipinski definition) is 2. The topological polar surface area (TPSA) is 32.3 Å². The number of piperidine rings is 1. The molecule has 118 valence electrons. The van der Waals surface area contributed by atoms with Crippen molar-refractivity contribution in [2.24, 2.45) is 5.92 Å². The molecule has 3 heteroatoms. The summed E-state index contributed by atoms with van der Waals surface area (Å²) in [6, 6.07) is 11.0. The lowest BCUT2D eigenvalue weighted by Gasteiger charge is -2.32. The summed E-state index contributed by atoms with van der Waals surface area (Å²) in [5.74, 6) is 0.448. The highest BCUT2D eigenvalue weighted by Gasteiger charge is 2.24. The zero-order chi connectivity index (χ0) is 15.2. The van der Waals surface area contributed by atoms with Crippen molar-refractivity contribution in [2.75, 3.05) is 19.6 Å². The van der Waals surface area contributed by atoms with Gasteiger partial charge >= 0.3 is 0 Å². The predicted octanol–water partition coefficient (Wildman–Crippen LogP) is 2.78. The molecule has 1 fully saturated rings. The molecule has 0 unspecified atom stereocenters. The fourth-order valence-corrected chi connectivity index (χ4v) is 3.38. The van der Waals surface area contributed by atoms with Crippen LogP contribution in [0.15, 0.2) is 42.5 Å². The molecule has 1 aliphatic carbocycles. The molecule has 1 saturated heterocycles. The summed E-state index contributed by atoms with van der Waals surface area (Å²) in [6.07, 6.45) is 9.36. The Morgan fingerprint density at radius 3 is 2.45 bits per heavy atom. The van der Waals surface area contributed by atoms with Crippen LogP contribution in [0.3, 0.4) is 0 Å². The van der Waals surface area contributed by atoms with Gasteiger partial charge in [0.2, 0.25) is 5.91 Å². The highest BCUT2D eigenvalue weighted by Crippen LogP contribution is 2.19. The highest BCUT2D eigenvalue weighted by atomic mass is 16.1. The number of allylic oxidation sites excluding steroid dienone is 2. The summed E-state index contributed by atoms with van der Waals surface area (Å²) >= 11 is 0. The quantitative estimate of drug-likeness (QED) is 0.848. The van der Waals surface area contributed by atoms with E-state index in [1.165, 1.54) is 5.56 Å². The summed E-state index contributed by atoms with van der Waals surface area (Å²) < 4.78 is 0. The maximum atomic E-state index is 12.1. The molecule has 22 heavy (non-hydrogen) atoms. The largest absolute Gasteiger partial charge is 0.353 e. The van der Waals surface area contributed by atoms with Gasteiger partial charge in [-0.3, -0.25) is 4.79 Å². The third-order valence-electron chi connectivity index (χ3n) is 4.87. The lowest BCUT2D eigenvalue weighted by Crippen LogP contribution is -2.46. The number of likely N-dealkylation sites (tertiary alicyclic amines) is 1. The third kappa shape index (κ3) is 4.20. The Morgan fingerprint density at radius 1 is 1.09 bits per heavy atom. The minimum atomic E-state index is 0.191. The molecular formula is C19H26N2O. The SMILES string of the molecule is O=C(NC1CCN(CCc2ccccc2)CC1)C1CC=CC1. The van der Waals surface area contributed by atoms with Gasteiger partial charge in [-0.05, 0) is 37.7 Å². The fourth-order valence-electron chi connectivity index (χ4n) is 3.38. The molecule has 1 N–H and O–H groups in total. The molecule has 0 bridgehead atoms. The zero-order valence-corrected chi connectivity index (χ0v) is 13.2. The van der Waals surface area contributed by atoms with Gasteiger partial charge in [-0.25, -0.2) is 0 Å². The molecule has 3 rings (SSSR count). The van der Waals surface area contributed by atoms with E-state index in [0.717, 1.165) is 51.7 Å². The van der Waals surface area contributed by atoms with Crippen LogP contribution in [0.2, 0.25) is 0 Å². The first-order chi connectivity index (χ1) is 10.8. The van der Waals surface area contributed by atoms with E-state index in [4.69, 9.17) is 0 Å². The number of benzene rings is 1. The Kier molecular flexibility index (Phi) is 5.28. The summed E-state index contributed by atoms with van der Waals surface area (Å²) in [6.45, 7) is 3.32. The van der Waals surface area contributed by atoms with Crippen molar-refractivity contribution in [1.29, 1.82) is 0 Å². The van der Waals surface area contributed by atoms with E-state index in [2.05, 4.69) is 52.7 Å². The first kappa shape index (κ1) is 15.3. The van der Waals surface area contributed by atoms with Gasteiger partial charge < -0.3 is 10.2 Å². The number of rotatable bonds is 5. The summed E-state index contributed by atoms with van der Waals surface area (Å²) in [5, 5.41) is 3.25. The Hall–Kier alpha value is -1.61. The molecule has 1 amide bonds. The van der Waals surface area contributed by atoms with E-state index in [9.17, 15) is 4.79 Å². The summed E-state index contributed by atoms with van der Waals surface area (Å²) in [7, 11) is 0. The molecule has 1 aromatic carbocycles. The van der Waals surface area contributed by atoms with Gasteiger partial charge in [0.15, 0.2) is 0 Å². The van der Waals surface area contributed by atoms with Crippen LogP contribution >= 0.6 is 0 Å². The van der Waals surface area contributed by atoms with Gasteiger partial charge in [0.1, 0.15) is 0 Å². The summed E-state index contributed by atoms with van der Waals surface area (Å²) in [4.78, 5) is 14.7. The minimum Gasteiger partial charge on any atom is -0.353 e. The minimum absolute atomic E-state index is 0.191. The van der Waals surface area contributed by atoms with Gasteiger partial charge in [0.25, 0.3) is 0 Å². The Morgan fingerprint density at radius 2 is 1.77 bits per heavy atom. The first-order valence-electron chi connectivity index (χ1n) is 8.53. The van der Waals surface area contributed by atoms with Crippen LogP contribution in [0, 0.1) is 5.92 Å². The second kappa shape index (κ2) is 7.59. The molecule has 0 spiro atoms. The number of hydrogen-bond donors (Lipinski definition) is 1. The van der Waals surface area contributed by atoms with Crippen molar-refractivity contribution in [2.45, 2.75) is 38.1 Å². The molecule has 0 atom stereocenters. The third-order valence-corrected chi connectivity index (χ3v) is 4.87. The normalized spacial score (nSPS) is 20.4. The van der Waals surface area contributed by atoms with Crippen molar-refractivity contribution < 1.29 is 4.79 Å². The molecule has 1 aromatic rings. The van der Waals surface area contributed by atoms with Gasteiger partial charge in [0, 0.05) is 31.6 Å². The van der Waals surface area contributed by atoms with Crippen LogP contribution in [-0.2, 0) is 11.2 Å². The molecule has 3 nitrogen and oxygen atoms in total. The molecule has 1 aliphatic heterocycles. The van der Waals surface area contributed by atoms with Crippen molar-refractivity contribution in [1.82, 2.24) is 10.2 Å². The fraction of sp³-hybridized carbons (Fsp3) is 0.526. The van der Waals surface area contributed by atoms with Crippen LogP contribution in [0.1, 0.15) is 31.2 Å². The van der Waals surface area contributed by atoms with Crippen LogP contribution in [-0.4, -0.2) is 36.5 Å². The zero-order valence-electron chi connectivity index (χ0n) is 13.2. The van der Waals surface area contributed by atoms with Gasteiger partial charge in [-0.1, -0.05) is 42.5 Å². The molecule has 0 radical (unpaired) electrons. The average molecular weight is 298 g/mol. The van der Waals surface area contributed by atoms with E-state index in [0.29, 0.717) is 6.04 Å². The van der Waals surface area contributed by atoms with Crippen molar-refractivity contribution in [3.63, 3.8) is 0 Å². The number of carbonyl (C=O) groups is 1. The second-order valence-electron chi connectivity index (χ2n) is 6.50. The number of nitrogens with zero attached hydrogens (tertiary/aromatic N) is 1. The number of amides is 1. The number of carbonyl (C=O) groups excluding carboxylic acids is 1. The van der Waals surface area contributed by atoms with E-state index >= 15 is 0 Å². The van der Waals surface area contributed by atoms with E-state index in [-0.39, 0.29) is 11.8 Å². The van der Waals surface area contributed by atoms with Gasteiger partial charge in [0.05, 0.1) is 0 Å². The van der Waals surface area contributed by atoms with E-state index in [1.807, 2.05) is 0 Å². The monoisotopic (exact) mass is 298 g/mol. The lowest BCUT2D eigenvalue weighted by molar-refractivity contribution is -0.125. The summed E-state index contributed by atoms with van der Waals surface area (Å²) in [5.41, 5.74) is 1.41. The van der Waals surface area contributed by atoms with Crippen LogP contribution in [0.5, 0.6) is 0 Å². The van der Waals surface area contributed by atoms with Crippen molar-refractivity contribution >= 4 is 5.91 Å². The van der Waals surface area contributed by atoms with Crippen molar-refractivity contribution in [3.8, 4) is 0 Å².